The van der Waals surface area contributed by atoms with Crippen LogP contribution in [-0.2, 0) is 6.54 Å². The first-order chi connectivity index (χ1) is 8.35. The molecule has 2 rings (SSSR count). The molecule has 17 heavy (non-hydrogen) atoms. The van der Waals surface area contributed by atoms with E-state index in [1.165, 1.54) is 5.56 Å². The Morgan fingerprint density at radius 2 is 2.12 bits per heavy atom. The summed E-state index contributed by atoms with van der Waals surface area (Å²) in [6, 6.07) is 10.4. The number of nitrogens with zero attached hydrogens (tertiary/aromatic N) is 2. The number of aromatic nitrogens is 2. The zero-order valence-corrected chi connectivity index (χ0v) is 9.74. The standard InChI is InChI=1S/C14H17N2O/c1-2-14(13-6-4-3-5-7-13)16-9-8-15(12-16)10-11-17/h2-9,12,14,17H,1,10-11H2/q+1. The molecule has 0 saturated heterocycles. The fraction of sp³-hybridized carbons (Fsp3) is 0.214. The van der Waals surface area contributed by atoms with Gasteiger partial charge in [-0.2, -0.15) is 0 Å². The first kappa shape index (κ1) is 11.6. The van der Waals surface area contributed by atoms with Gasteiger partial charge in [0.1, 0.15) is 25.0 Å². The molecule has 0 aliphatic carbocycles. The van der Waals surface area contributed by atoms with Crippen LogP contribution in [0, 0.1) is 0 Å². The van der Waals surface area contributed by atoms with Crippen LogP contribution in [0.1, 0.15) is 11.6 Å². The van der Waals surface area contributed by atoms with Crippen LogP contribution in [0.15, 0.2) is 61.7 Å². The van der Waals surface area contributed by atoms with Crippen molar-refractivity contribution in [2.45, 2.75) is 12.6 Å². The van der Waals surface area contributed by atoms with Gasteiger partial charge in [0, 0.05) is 5.56 Å². The zero-order chi connectivity index (χ0) is 12.1. The van der Waals surface area contributed by atoms with E-state index in [9.17, 15) is 0 Å². The van der Waals surface area contributed by atoms with Gasteiger partial charge in [0.05, 0.1) is 6.61 Å². The molecule has 1 atom stereocenters. The van der Waals surface area contributed by atoms with E-state index >= 15 is 0 Å². The molecule has 88 valence electrons. The molecule has 3 nitrogen and oxygen atoms in total. The Bertz CT molecular complexity index is 476. The molecule has 0 fully saturated rings. The summed E-state index contributed by atoms with van der Waals surface area (Å²) in [7, 11) is 0. The fourth-order valence-electron chi connectivity index (χ4n) is 1.90. The first-order valence-corrected chi connectivity index (χ1v) is 5.70. The van der Waals surface area contributed by atoms with Gasteiger partial charge in [0.2, 0.25) is 6.33 Å². The van der Waals surface area contributed by atoms with Gasteiger partial charge >= 0.3 is 0 Å². The van der Waals surface area contributed by atoms with Crippen molar-refractivity contribution in [3.63, 3.8) is 0 Å². The number of benzene rings is 1. The van der Waals surface area contributed by atoms with E-state index in [2.05, 4.69) is 23.3 Å². The van der Waals surface area contributed by atoms with Crippen LogP contribution in [0.2, 0.25) is 0 Å². The molecule has 0 bridgehead atoms. The quantitative estimate of drug-likeness (QED) is 0.611. The summed E-state index contributed by atoms with van der Waals surface area (Å²) in [6.07, 6.45) is 7.85. The van der Waals surface area contributed by atoms with E-state index in [-0.39, 0.29) is 12.6 Å². The summed E-state index contributed by atoms with van der Waals surface area (Å²) in [5.41, 5.74) is 1.20. The molecule has 0 aliphatic heterocycles. The second kappa shape index (κ2) is 5.46. The molecule has 0 radical (unpaired) electrons. The molecular weight excluding hydrogens is 212 g/mol. The third-order valence-corrected chi connectivity index (χ3v) is 2.76. The van der Waals surface area contributed by atoms with Crippen LogP contribution in [-0.4, -0.2) is 16.3 Å². The number of aliphatic hydroxyl groups excluding tert-OH is 1. The third kappa shape index (κ3) is 2.63. The lowest BCUT2D eigenvalue weighted by Gasteiger charge is -2.08. The molecule has 1 aromatic carbocycles. The molecule has 0 saturated carbocycles. The minimum atomic E-state index is 0.135. The summed E-state index contributed by atoms with van der Waals surface area (Å²) < 4.78 is 4.04. The van der Waals surface area contributed by atoms with Crippen molar-refractivity contribution in [2.24, 2.45) is 0 Å². The molecule has 0 aliphatic rings. The van der Waals surface area contributed by atoms with E-state index < -0.39 is 0 Å². The minimum absolute atomic E-state index is 0.135. The number of hydrogen-bond acceptors (Lipinski definition) is 1. The summed E-state index contributed by atoms with van der Waals surface area (Å²) in [6.45, 7) is 4.66. The minimum Gasteiger partial charge on any atom is -0.392 e. The van der Waals surface area contributed by atoms with Gasteiger partial charge < -0.3 is 5.11 Å². The van der Waals surface area contributed by atoms with Crippen molar-refractivity contribution in [1.82, 2.24) is 4.57 Å². The van der Waals surface area contributed by atoms with Crippen LogP contribution in [0.5, 0.6) is 0 Å². The SMILES string of the molecule is C=CC(c1ccccc1)[n+]1ccn(CCO)c1. The predicted molar refractivity (Wildman–Crippen MR) is 66.5 cm³/mol. The Morgan fingerprint density at radius 3 is 2.76 bits per heavy atom. The maximum atomic E-state index is 8.89. The average Bonchev–Trinajstić information content (AvgIpc) is 2.81. The molecule has 1 N–H and O–H groups in total. The maximum absolute atomic E-state index is 8.89. The molecule has 2 aromatic rings. The smallest absolute Gasteiger partial charge is 0.244 e. The Morgan fingerprint density at radius 1 is 1.35 bits per heavy atom. The van der Waals surface area contributed by atoms with E-state index in [1.807, 2.05) is 47.6 Å². The van der Waals surface area contributed by atoms with E-state index in [4.69, 9.17) is 5.11 Å². The molecule has 3 heteroatoms. The number of imidazole rings is 1. The second-order valence-electron chi connectivity index (χ2n) is 3.91. The summed E-state index contributed by atoms with van der Waals surface area (Å²) in [5, 5.41) is 8.89. The predicted octanol–water partition coefficient (Wildman–Crippen LogP) is 1.54. The normalized spacial score (nSPS) is 12.3. The molecule has 0 amide bonds. The lowest BCUT2D eigenvalue weighted by molar-refractivity contribution is -0.702. The number of hydrogen-bond donors (Lipinski definition) is 1. The Labute approximate surface area is 101 Å². The number of rotatable bonds is 5. The summed E-state index contributed by atoms with van der Waals surface area (Å²) in [4.78, 5) is 0. The van der Waals surface area contributed by atoms with Gasteiger partial charge in [-0.3, -0.25) is 0 Å². The van der Waals surface area contributed by atoms with Crippen molar-refractivity contribution in [2.75, 3.05) is 6.61 Å². The lowest BCUT2D eigenvalue weighted by atomic mass is 10.1. The van der Waals surface area contributed by atoms with Gasteiger partial charge in [0.25, 0.3) is 0 Å². The van der Waals surface area contributed by atoms with Crippen LogP contribution < -0.4 is 4.57 Å². The van der Waals surface area contributed by atoms with Crippen molar-refractivity contribution in [3.8, 4) is 0 Å². The Kier molecular flexibility index (Phi) is 3.73. The van der Waals surface area contributed by atoms with Gasteiger partial charge in [-0.1, -0.05) is 36.9 Å². The van der Waals surface area contributed by atoms with E-state index in [1.54, 1.807) is 0 Å². The first-order valence-electron chi connectivity index (χ1n) is 5.70. The molecule has 1 aromatic heterocycles. The van der Waals surface area contributed by atoms with Crippen LogP contribution >= 0.6 is 0 Å². The molecule has 1 unspecified atom stereocenters. The van der Waals surface area contributed by atoms with Crippen molar-refractivity contribution >= 4 is 0 Å². The van der Waals surface area contributed by atoms with Crippen molar-refractivity contribution in [1.29, 1.82) is 0 Å². The van der Waals surface area contributed by atoms with E-state index in [0.29, 0.717) is 6.54 Å². The van der Waals surface area contributed by atoms with Crippen LogP contribution in [0.25, 0.3) is 0 Å². The molecule has 1 heterocycles. The van der Waals surface area contributed by atoms with Crippen LogP contribution in [0.4, 0.5) is 0 Å². The van der Waals surface area contributed by atoms with Crippen molar-refractivity contribution in [3.05, 3.63) is 67.3 Å². The lowest BCUT2D eigenvalue weighted by Crippen LogP contribution is -2.36. The molecule has 0 spiro atoms. The highest BCUT2D eigenvalue weighted by atomic mass is 16.3. The van der Waals surface area contributed by atoms with Gasteiger partial charge in [0.15, 0.2) is 0 Å². The van der Waals surface area contributed by atoms with Gasteiger partial charge in [-0.15, -0.1) is 0 Å². The largest absolute Gasteiger partial charge is 0.392 e. The maximum Gasteiger partial charge on any atom is 0.244 e. The fourth-order valence-corrected chi connectivity index (χ4v) is 1.90. The third-order valence-electron chi connectivity index (χ3n) is 2.76. The Hall–Kier alpha value is -1.87. The highest BCUT2D eigenvalue weighted by Gasteiger charge is 2.14. The average molecular weight is 229 g/mol. The monoisotopic (exact) mass is 229 g/mol. The van der Waals surface area contributed by atoms with Crippen LogP contribution in [0.3, 0.4) is 0 Å². The highest BCUT2D eigenvalue weighted by Crippen LogP contribution is 2.12. The summed E-state index contributed by atoms with van der Waals surface area (Å²) in [5.74, 6) is 0. The van der Waals surface area contributed by atoms with Gasteiger partial charge in [-0.25, -0.2) is 9.13 Å². The van der Waals surface area contributed by atoms with Gasteiger partial charge in [-0.05, 0) is 6.08 Å². The van der Waals surface area contributed by atoms with Crippen molar-refractivity contribution < 1.29 is 9.67 Å². The van der Waals surface area contributed by atoms with E-state index in [0.717, 1.165) is 0 Å². The highest BCUT2D eigenvalue weighted by molar-refractivity contribution is 5.20. The topological polar surface area (TPSA) is 29.0 Å². The number of aliphatic hydroxyl groups is 1. The number of allylic oxidation sites excluding steroid dienone is 1. The zero-order valence-electron chi connectivity index (χ0n) is 9.74. The Balaban J connectivity index is 2.26. The second-order valence-corrected chi connectivity index (χ2v) is 3.91. The summed E-state index contributed by atoms with van der Waals surface area (Å²) >= 11 is 0. The molecular formula is C14H17N2O+.